The third-order valence-electron chi connectivity index (χ3n) is 3.95. The van der Waals surface area contributed by atoms with Gasteiger partial charge in [-0.05, 0) is 29.7 Å². The molecule has 3 nitrogen and oxygen atoms in total. The highest BCUT2D eigenvalue weighted by atomic mass is 16.1. The predicted molar refractivity (Wildman–Crippen MR) is 80.4 cm³/mol. The Hall–Kier alpha value is -2.13. The zero-order valence-corrected chi connectivity index (χ0v) is 11.5. The van der Waals surface area contributed by atoms with Crippen LogP contribution in [-0.2, 0) is 10.3 Å². The Balaban J connectivity index is 1.79. The zero-order valence-electron chi connectivity index (χ0n) is 11.5. The van der Waals surface area contributed by atoms with Crippen LogP contribution in [0.2, 0.25) is 0 Å². The minimum atomic E-state index is -0.268. The van der Waals surface area contributed by atoms with Gasteiger partial charge in [-0.15, -0.1) is 0 Å². The summed E-state index contributed by atoms with van der Waals surface area (Å²) < 4.78 is 0. The van der Waals surface area contributed by atoms with Crippen LogP contribution in [0.25, 0.3) is 0 Å². The minimum Gasteiger partial charge on any atom is -0.326 e. The van der Waals surface area contributed by atoms with Crippen LogP contribution < -0.4 is 11.1 Å². The van der Waals surface area contributed by atoms with Gasteiger partial charge in [-0.2, -0.15) is 0 Å². The molecule has 0 spiro atoms. The predicted octanol–water partition coefficient (Wildman–Crippen LogP) is 2.99. The van der Waals surface area contributed by atoms with E-state index in [0.717, 1.165) is 17.7 Å². The maximum absolute atomic E-state index is 11.0. The van der Waals surface area contributed by atoms with E-state index in [1.165, 1.54) is 12.5 Å². The fourth-order valence-corrected chi connectivity index (χ4v) is 2.77. The highest BCUT2D eigenvalue weighted by Gasteiger charge is 2.52. The van der Waals surface area contributed by atoms with Crippen molar-refractivity contribution < 1.29 is 4.79 Å². The molecule has 0 radical (unpaired) electrons. The second kappa shape index (κ2) is 4.76. The molecule has 1 aliphatic rings. The van der Waals surface area contributed by atoms with Crippen LogP contribution in [-0.4, -0.2) is 5.91 Å². The number of rotatable bonds is 3. The number of hydrogen-bond acceptors (Lipinski definition) is 2. The van der Waals surface area contributed by atoms with Crippen LogP contribution in [0.1, 0.15) is 30.4 Å². The average Bonchev–Trinajstić information content (AvgIpc) is 3.13. The van der Waals surface area contributed by atoms with Crippen LogP contribution in [0.4, 0.5) is 5.69 Å². The number of carbonyl (C=O) groups is 1. The molecule has 20 heavy (non-hydrogen) atoms. The summed E-state index contributed by atoms with van der Waals surface area (Å²) in [4.78, 5) is 11.0. The van der Waals surface area contributed by atoms with Crippen molar-refractivity contribution in [2.45, 2.75) is 24.8 Å². The van der Waals surface area contributed by atoms with Gasteiger partial charge in [0.1, 0.15) is 0 Å². The Kier molecular flexibility index (Phi) is 3.07. The van der Waals surface area contributed by atoms with E-state index < -0.39 is 0 Å². The highest BCUT2D eigenvalue weighted by Crippen LogP contribution is 2.56. The summed E-state index contributed by atoms with van der Waals surface area (Å²) in [5.41, 5.74) is 9.47. The lowest BCUT2D eigenvalue weighted by Crippen LogP contribution is -2.21. The fourth-order valence-electron chi connectivity index (χ4n) is 2.77. The van der Waals surface area contributed by atoms with Gasteiger partial charge >= 0.3 is 0 Å². The molecule has 0 unspecified atom stereocenters. The van der Waals surface area contributed by atoms with E-state index in [9.17, 15) is 4.79 Å². The van der Waals surface area contributed by atoms with E-state index >= 15 is 0 Å². The Morgan fingerprint density at radius 3 is 2.40 bits per heavy atom. The van der Waals surface area contributed by atoms with Gasteiger partial charge in [0.05, 0.1) is 0 Å². The maximum Gasteiger partial charge on any atom is 0.221 e. The summed E-state index contributed by atoms with van der Waals surface area (Å²) in [6.45, 7) is 1.50. The number of carbonyl (C=O) groups excluding carboxylic acids is 1. The van der Waals surface area contributed by atoms with E-state index in [1.54, 1.807) is 0 Å². The lowest BCUT2D eigenvalue weighted by Gasteiger charge is -2.13. The lowest BCUT2D eigenvalue weighted by molar-refractivity contribution is -0.114. The zero-order chi connectivity index (χ0) is 14.2. The molecule has 2 aromatic rings. The molecule has 1 saturated carbocycles. The van der Waals surface area contributed by atoms with Crippen molar-refractivity contribution in [1.29, 1.82) is 0 Å². The molecule has 102 valence electrons. The monoisotopic (exact) mass is 266 g/mol. The van der Waals surface area contributed by atoms with E-state index in [0.29, 0.717) is 5.92 Å². The number of anilines is 1. The molecule has 3 heteroatoms. The number of nitrogens with one attached hydrogen (secondary N) is 1. The van der Waals surface area contributed by atoms with Crippen LogP contribution in [0.3, 0.4) is 0 Å². The van der Waals surface area contributed by atoms with Crippen LogP contribution in [0.5, 0.6) is 0 Å². The van der Waals surface area contributed by atoms with Gasteiger partial charge < -0.3 is 11.1 Å². The molecule has 1 aliphatic carbocycles. The Bertz CT molecular complexity index is 621. The Labute approximate surface area is 118 Å². The van der Waals surface area contributed by atoms with Gasteiger partial charge in [-0.1, -0.05) is 42.5 Å². The second-order valence-electron chi connectivity index (χ2n) is 5.47. The summed E-state index contributed by atoms with van der Waals surface area (Å²) in [6, 6.07) is 18.2. The Morgan fingerprint density at radius 1 is 1.15 bits per heavy atom. The van der Waals surface area contributed by atoms with Crippen molar-refractivity contribution in [2.24, 2.45) is 5.73 Å². The first-order valence-corrected chi connectivity index (χ1v) is 6.81. The van der Waals surface area contributed by atoms with Gasteiger partial charge in [-0.25, -0.2) is 0 Å². The van der Waals surface area contributed by atoms with E-state index in [2.05, 4.69) is 17.4 Å². The largest absolute Gasteiger partial charge is 0.326 e. The third kappa shape index (κ3) is 2.32. The Morgan fingerprint density at radius 2 is 1.80 bits per heavy atom. The molecule has 2 atom stereocenters. The molecule has 2 aromatic carbocycles. The van der Waals surface area contributed by atoms with Crippen molar-refractivity contribution >= 4 is 11.6 Å². The van der Waals surface area contributed by atoms with Gasteiger partial charge in [0.25, 0.3) is 0 Å². The van der Waals surface area contributed by atoms with Gasteiger partial charge in [0.2, 0.25) is 5.91 Å². The smallest absolute Gasteiger partial charge is 0.221 e. The molecule has 3 rings (SSSR count). The normalized spacial score (nSPS) is 24.2. The topological polar surface area (TPSA) is 55.1 Å². The van der Waals surface area contributed by atoms with Crippen molar-refractivity contribution in [3.8, 4) is 0 Å². The van der Waals surface area contributed by atoms with Gasteiger partial charge in [0.15, 0.2) is 0 Å². The molecule has 0 bridgehead atoms. The SMILES string of the molecule is CC(=O)Nc1ccc([C@@]2(N)C[C@H]2c2ccccc2)cc1. The summed E-state index contributed by atoms with van der Waals surface area (Å²) >= 11 is 0. The summed E-state index contributed by atoms with van der Waals surface area (Å²) in [5.74, 6) is 0.323. The number of benzene rings is 2. The first kappa shape index (κ1) is 12.9. The molecule has 0 heterocycles. The minimum absolute atomic E-state index is 0.0613. The van der Waals surface area contributed by atoms with Gasteiger partial charge in [0, 0.05) is 24.1 Å². The third-order valence-corrected chi connectivity index (χ3v) is 3.95. The van der Waals surface area contributed by atoms with Crippen molar-refractivity contribution in [2.75, 3.05) is 5.32 Å². The summed E-state index contributed by atoms with van der Waals surface area (Å²) in [5, 5.41) is 2.77. The second-order valence-corrected chi connectivity index (χ2v) is 5.47. The molecular weight excluding hydrogens is 248 g/mol. The van der Waals surface area contributed by atoms with E-state index in [1.807, 2.05) is 42.5 Å². The quantitative estimate of drug-likeness (QED) is 0.897. The van der Waals surface area contributed by atoms with Crippen molar-refractivity contribution in [3.05, 3.63) is 65.7 Å². The molecule has 3 N–H and O–H groups in total. The lowest BCUT2D eigenvalue weighted by atomic mass is 9.99. The first-order chi connectivity index (χ1) is 9.59. The van der Waals surface area contributed by atoms with Crippen molar-refractivity contribution in [1.82, 2.24) is 0 Å². The van der Waals surface area contributed by atoms with E-state index in [4.69, 9.17) is 5.73 Å². The van der Waals surface area contributed by atoms with E-state index in [-0.39, 0.29) is 11.4 Å². The molecule has 1 amide bonds. The molecular formula is C17H18N2O. The molecule has 1 fully saturated rings. The first-order valence-electron chi connectivity index (χ1n) is 6.81. The summed E-state index contributed by atoms with van der Waals surface area (Å²) in [6.07, 6.45) is 0.969. The number of hydrogen-bond donors (Lipinski definition) is 2. The summed E-state index contributed by atoms with van der Waals surface area (Å²) in [7, 11) is 0. The molecule has 0 aliphatic heterocycles. The van der Waals surface area contributed by atoms with Crippen LogP contribution >= 0.6 is 0 Å². The van der Waals surface area contributed by atoms with Gasteiger partial charge in [-0.3, -0.25) is 4.79 Å². The number of amides is 1. The highest BCUT2D eigenvalue weighted by molar-refractivity contribution is 5.88. The average molecular weight is 266 g/mol. The van der Waals surface area contributed by atoms with Crippen LogP contribution in [0, 0.1) is 0 Å². The van der Waals surface area contributed by atoms with Crippen molar-refractivity contribution in [3.63, 3.8) is 0 Å². The standard InChI is InChI=1S/C17H18N2O/c1-12(20)19-15-9-7-14(8-10-15)17(18)11-16(17)13-5-3-2-4-6-13/h2-10,16H,11,18H2,1H3,(H,19,20)/t16-,17-/m0/s1. The number of nitrogens with two attached hydrogens (primary N) is 1. The van der Waals surface area contributed by atoms with Crippen LogP contribution in [0.15, 0.2) is 54.6 Å². The fraction of sp³-hybridized carbons (Fsp3) is 0.235. The molecule has 0 saturated heterocycles. The maximum atomic E-state index is 11.0. The molecule has 0 aromatic heterocycles.